The fourth-order valence-corrected chi connectivity index (χ4v) is 3.41. The smallest absolute Gasteiger partial charge is 0.249 e. The minimum absolute atomic E-state index is 0.123. The summed E-state index contributed by atoms with van der Waals surface area (Å²) in [5, 5.41) is 5.51. The third-order valence-electron chi connectivity index (χ3n) is 5.02. The van der Waals surface area contributed by atoms with Crippen LogP contribution < -0.4 is 15.5 Å². The Kier molecular flexibility index (Phi) is 5.51. The number of hydrogen-bond donors (Lipinski definition) is 2. The molecule has 2 N–H and O–H groups in total. The van der Waals surface area contributed by atoms with Gasteiger partial charge in [0.05, 0.1) is 0 Å². The van der Waals surface area contributed by atoms with Crippen LogP contribution in [0.15, 0.2) is 12.1 Å². The molecule has 0 aromatic heterocycles. The molecule has 1 unspecified atom stereocenters. The zero-order chi connectivity index (χ0) is 18.7. The van der Waals surface area contributed by atoms with Crippen LogP contribution in [0.3, 0.4) is 0 Å². The van der Waals surface area contributed by atoms with Gasteiger partial charge in [0.25, 0.3) is 0 Å². The monoisotopic (exact) mass is 362 g/mol. The summed E-state index contributed by atoms with van der Waals surface area (Å²) in [5.74, 6) is -1.14. The van der Waals surface area contributed by atoms with Crippen molar-refractivity contribution >= 4 is 23.9 Å². The van der Waals surface area contributed by atoms with Gasteiger partial charge < -0.3 is 15.1 Å². The highest BCUT2D eigenvalue weighted by molar-refractivity contribution is 6.00. The summed E-state index contributed by atoms with van der Waals surface area (Å²) < 4.78 is 14.4. The van der Waals surface area contributed by atoms with Crippen molar-refractivity contribution in [3.05, 3.63) is 29.1 Å². The molecular weight excluding hydrogens is 339 g/mol. The van der Waals surface area contributed by atoms with E-state index in [2.05, 4.69) is 15.5 Å². The molecule has 2 fully saturated rings. The van der Waals surface area contributed by atoms with Crippen LogP contribution in [0.2, 0.25) is 0 Å². The molecule has 0 aliphatic carbocycles. The number of carbonyl (C=O) groups excluding carboxylic acids is 3. The van der Waals surface area contributed by atoms with E-state index >= 15 is 0 Å². The quantitative estimate of drug-likeness (QED) is 0.582. The summed E-state index contributed by atoms with van der Waals surface area (Å²) in [7, 11) is 0. The molecule has 140 valence electrons. The molecule has 0 radical (unpaired) electrons. The van der Waals surface area contributed by atoms with E-state index in [9.17, 15) is 18.8 Å². The first kappa shape index (κ1) is 18.3. The molecule has 1 atom stereocenters. The Morgan fingerprint density at radius 1 is 1.31 bits per heavy atom. The number of amides is 3. The van der Waals surface area contributed by atoms with Gasteiger partial charge in [0.2, 0.25) is 18.2 Å². The lowest BCUT2D eigenvalue weighted by Gasteiger charge is -2.32. The summed E-state index contributed by atoms with van der Waals surface area (Å²) in [6, 6.07) is 2.68. The average Bonchev–Trinajstić information content (AvgIpc) is 2.64. The van der Waals surface area contributed by atoms with E-state index in [0.717, 1.165) is 31.9 Å². The molecule has 0 saturated carbocycles. The Morgan fingerprint density at radius 3 is 2.69 bits per heavy atom. The van der Waals surface area contributed by atoms with Crippen molar-refractivity contribution in [2.75, 3.05) is 31.1 Å². The van der Waals surface area contributed by atoms with Crippen LogP contribution >= 0.6 is 0 Å². The van der Waals surface area contributed by atoms with Crippen molar-refractivity contribution in [1.29, 1.82) is 0 Å². The first-order valence-electron chi connectivity index (χ1n) is 8.79. The van der Waals surface area contributed by atoms with Crippen LogP contribution in [0.25, 0.3) is 0 Å². The van der Waals surface area contributed by atoms with E-state index in [1.54, 1.807) is 6.92 Å². The number of piperazine rings is 1. The zero-order valence-electron chi connectivity index (χ0n) is 14.8. The molecule has 1 aromatic carbocycles. The number of piperidine rings is 1. The van der Waals surface area contributed by atoms with Crippen LogP contribution in [0.5, 0.6) is 0 Å². The van der Waals surface area contributed by atoms with Gasteiger partial charge >= 0.3 is 0 Å². The molecule has 2 heterocycles. The molecule has 2 saturated heterocycles. The fraction of sp³-hybridized carbons (Fsp3) is 0.500. The summed E-state index contributed by atoms with van der Waals surface area (Å²) in [4.78, 5) is 38.3. The van der Waals surface area contributed by atoms with E-state index < -0.39 is 11.9 Å². The number of nitrogens with one attached hydrogen (secondary N) is 2. The van der Waals surface area contributed by atoms with Gasteiger partial charge in [-0.2, -0.15) is 0 Å². The van der Waals surface area contributed by atoms with Gasteiger partial charge in [-0.3, -0.25) is 19.7 Å². The molecule has 3 amide bonds. The van der Waals surface area contributed by atoms with E-state index in [4.69, 9.17) is 0 Å². The Morgan fingerprint density at radius 2 is 2.04 bits per heavy atom. The van der Waals surface area contributed by atoms with Crippen LogP contribution in [-0.4, -0.2) is 55.3 Å². The number of hydrogen-bond acceptors (Lipinski definition) is 5. The molecule has 3 rings (SSSR count). The third kappa shape index (κ3) is 3.85. The molecule has 7 nitrogen and oxygen atoms in total. The maximum Gasteiger partial charge on any atom is 0.249 e. The van der Waals surface area contributed by atoms with Gasteiger partial charge in [-0.1, -0.05) is 0 Å². The topological polar surface area (TPSA) is 81.8 Å². The second-order valence-corrected chi connectivity index (χ2v) is 6.69. The highest BCUT2D eigenvalue weighted by atomic mass is 19.1. The predicted octanol–water partition coefficient (Wildman–Crippen LogP) is 0.307. The van der Waals surface area contributed by atoms with Crippen molar-refractivity contribution < 1.29 is 18.8 Å². The largest absolute Gasteiger partial charge is 0.369 e. The fourth-order valence-electron chi connectivity index (χ4n) is 3.41. The third-order valence-corrected chi connectivity index (χ3v) is 5.02. The van der Waals surface area contributed by atoms with Crippen LogP contribution in [0, 0.1) is 12.7 Å². The molecule has 0 spiro atoms. The molecule has 2 aliphatic heterocycles. The zero-order valence-corrected chi connectivity index (χ0v) is 14.8. The van der Waals surface area contributed by atoms with Crippen molar-refractivity contribution in [3.8, 4) is 0 Å². The van der Waals surface area contributed by atoms with Gasteiger partial charge in [-0.25, -0.2) is 4.39 Å². The van der Waals surface area contributed by atoms with Crippen LogP contribution in [-0.2, 0) is 20.9 Å². The summed E-state index contributed by atoms with van der Waals surface area (Å²) >= 11 is 0. The number of anilines is 1. The summed E-state index contributed by atoms with van der Waals surface area (Å²) in [6.07, 6.45) is 1.06. The number of nitrogens with zero attached hydrogens (tertiary/aromatic N) is 2. The molecule has 26 heavy (non-hydrogen) atoms. The van der Waals surface area contributed by atoms with Crippen molar-refractivity contribution in [1.82, 2.24) is 15.5 Å². The minimum Gasteiger partial charge on any atom is -0.369 e. The SMILES string of the molecule is Cc1c(F)cc(N2CCNCC2)cc1CN(C=O)C1CCC(=O)NC1=O. The van der Waals surface area contributed by atoms with Crippen molar-refractivity contribution in [2.24, 2.45) is 0 Å². The molecule has 0 bridgehead atoms. The Labute approximate surface area is 151 Å². The van der Waals surface area contributed by atoms with E-state index in [-0.39, 0.29) is 31.1 Å². The molecule has 1 aromatic rings. The van der Waals surface area contributed by atoms with Gasteiger partial charge in [-0.15, -0.1) is 0 Å². The lowest BCUT2D eigenvalue weighted by molar-refractivity contribution is -0.141. The van der Waals surface area contributed by atoms with Gasteiger partial charge in [0.1, 0.15) is 11.9 Å². The number of halogens is 1. The standard InChI is InChI=1S/C18H23FN4O3/c1-12-13(8-14(9-15(12)19)22-6-4-20-5-7-22)10-23(11-24)16-2-3-17(25)21-18(16)26/h8-9,11,16,20H,2-7,10H2,1H3,(H,21,25,26). The van der Waals surface area contributed by atoms with Crippen LogP contribution in [0.4, 0.5) is 10.1 Å². The minimum atomic E-state index is -0.712. The highest BCUT2D eigenvalue weighted by Gasteiger charge is 2.31. The van der Waals surface area contributed by atoms with E-state index in [0.29, 0.717) is 17.5 Å². The summed E-state index contributed by atoms with van der Waals surface area (Å²) in [6.45, 7) is 5.03. The highest BCUT2D eigenvalue weighted by Crippen LogP contribution is 2.25. The van der Waals surface area contributed by atoms with E-state index in [1.165, 1.54) is 11.0 Å². The molecule has 2 aliphatic rings. The lowest BCUT2D eigenvalue weighted by Crippen LogP contribution is -2.51. The molecular formula is C18H23FN4O3. The number of carbonyl (C=O) groups is 3. The maximum atomic E-state index is 14.4. The van der Waals surface area contributed by atoms with Gasteiger partial charge in [-0.05, 0) is 36.6 Å². The van der Waals surface area contributed by atoms with E-state index in [1.807, 2.05) is 6.07 Å². The predicted molar refractivity (Wildman–Crippen MR) is 94.0 cm³/mol. The molecule has 8 heteroatoms. The number of benzene rings is 1. The first-order valence-corrected chi connectivity index (χ1v) is 8.79. The van der Waals surface area contributed by atoms with Gasteiger partial charge in [0, 0.05) is 44.8 Å². The van der Waals surface area contributed by atoms with Crippen LogP contribution in [0.1, 0.15) is 24.0 Å². The maximum absolute atomic E-state index is 14.4. The second-order valence-electron chi connectivity index (χ2n) is 6.69. The number of imide groups is 1. The second kappa shape index (κ2) is 7.82. The Balaban J connectivity index is 1.82. The normalized spacial score (nSPS) is 20.7. The van der Waals surface area contributed by atoms with Crippen molar-refractivity contribution in [2.45, 2.75) is 32.4 Å². The first-order chi connectivity index (χ1) is 12.5. The van der Waals surface area contributed by atoms with Gasteiger partial charge in [0.15, 0.2) is 0 Å². The lowest BCUT2D eigenvalue weighted by atomic mass is 10.0. The Hall–Kier alpha value is -2.48. The summed E-state index contributed by atoms with van der Waals surface area (Å²) in [5.41, 5.74) is 1.90. The number of rotatable bonds is 5. The average molecular weight is 362 g/mol. The van der Waals surface area contributed by atoms with Crippen molar-refractivity contribution in [3.63, 3.8) is 0 Å². The Bertz CT molecular complexity index is 719.